The summed E-state index contributed by atoms with van der Waals surface area (Å²) < 4.78 is 5.41. The topological polar surface area (TPSA) is 62.5 Å². The van der Waals surface area contributed by atoms with Crippen LogP contribution in [0.5, 0.6) is 0 Å². The molecular formula is C12H19NO3S. The molecule has 1 amide bonds. The highest BCUT2D eigenvalue weighted by Gasteiger charge is 2.13. The Labute approximate surface area is 106 Å². The second-order valence-electron chi connectivity index (χ2n) is 3.94. The molecule has 4 nitrogen and oxygen atoms in total. The molecule has 17 heavy (non-hydrogen) atoms. The van der Waals surface area contributed by atoms with Gasteiger partial charge in [0, 0.05) is 12.6 Å². The molecule has 0 saturated heterocycles. The van der Waals surface area contributed by atoms with Crippen LogP contribution in [0.2, 0.25) is 0 Å². The summed E-state index contributed by atoms with van der Waals surface area (Å²) in [4.78, 5) is 11.8. The summed E-state index contributed by atoms with van der Waals surface area (Å²) in [5.74, 6) is 1.74. The van der Waals surface area contributed by atoms with Crippen LogP contribution in [0.1, 0.15) is 36.1 Å². The fourth-order valence-corrected chi connectivity index (χ4v) is 1.92. The van der Waals surface area contributed by atoms with Gasteiger partial charge in [-0.05, 0) is 38.2 Å². The number of amides is 1. The van der Waals surface area contributed by atoms with Gasteiger partial charge >= 0.3 is 0 Å². The van der Waals surface area contributed by atoms with Gasteiger partial charge < -0.3 is 14.8 Å². The third-order valence-corrected chi connectivity index (χ3v) is 2.92. The van der Waals surface area contributed by atoms with Crippen molar-refractivity contribution >= 4 is 17.7 Å². The largest absolute Gasteiger partial charge is 0.455 e. The van der Waals surface area contributed by atoms with Gasteiger partial charge in [0.1, 0.15) is 5.76 Å². The number of hydrogen-bond donors (Lipinski definition) is 2. The standard InChI is InChI=1S/C12H19NO3S/c1-9(4-3-7-14)13-12(15)11-6-5-10(16-11)8-17-2/h5-6,9,14H,3-4,7-8H2,1-2H3,(H,13,15). The number of thioether (sulfide) groups is 1. The summed E-state index contributed by atoms with van der Waals surface area (Å²) in [5.41, 5.74) is 0. The van der Waals surface area contributed by atoms with Crippen LogP contribution in [0, 0.1) is 0 Å². The van der Waals surface area contributed by atoms with Crippen LogP contribution in [0.3, 0.4) is 0 Å². The van der Waals surface area contributed by atoms with Gasteiger partial charge in [0.05, 0.1) is 5.75 Å². The van der Waals surface area contributed by atoms with Crippen molar-refractivity contribution in [2.75, 3.05) is 12.9 Å². The molecule has 0 aliphatic rings. The Hall–Kier alpha value is -0.940. The number of carbonyl (C=O) groups is 1. The number of furan rings is 1. The van der Waals surface area contributed by atoms with Crippen molar-refractivity contribution in [2.24, 2.45) is 0 Å². The summed E-state index contributed by atoms with van der Waals surface area (Å²) in [7, 11) is 0. The van der Waals surface area contributed by atoms with Crippen molar-refractivity contribution in [3.05, 3.63) is 23.7 Å². The first kappa shape index (κ1) is 14.1. The van der Waals surface area contributed by atoms with E-state index < -0.39 is 0 Å². The van der Waals surface area contributed by atoms with E-state index in [2.05, 4.69) is 5.32 Å². The average Bonchev–Trinajstić information content (AvgIpc) is 2.75. The van der Waals surface area contributed by atoms with Crippen molar-refractivity contribution in [1.82, 2.24) is 5.32 Å². The first-order chi connectivity index (χ1) is 8.17. The minimum absolute atomic E-state index is 0.0451. The van der Waals surface area contributed by atoms with Gasteiger partial charge in [-0.2, -0.15) is 11.8 Å². The zero-order valence-electron chi connectivity index (χ0n) is 10.2. The van der Waals surface area contributed by atoms with Gasteiger partial charge in [-0.15, -0.1) is 0 Å². The van der Waals surface area contributed by atoms with E-state index in [9.17, 15) is 4.79 Å². The lowest BCUT2D eigenvalue weighted by Gasteiger charge is -2.11. The van der Waals surface area contributed by atoms with Crippen molar-refractivity contribution in [2.45, 2.75) is 31.6 Å². The first-order valence-corrected chi connectivity index (χ1v) is 7.06. The van der Waals surface area contributed by atoms with Crippen molar-refractivity contribution in [3.8, 4) is 0 Å². The predicted octanol–water partition coefficient (Wildman–Crippen LogP) is 2.03. The summed E-state index contributed by atoms with van der Waals surface area (Å²) >= 11 is 1.65. The third-order valence-electron chi connectivity index (χ3n) is 2.34. The molecular weight excluding hydrogens is 238 g/mol. The smallest absolute Gasteiger partial charge is 0.287 e. The molecule has 5 heteroatoms. The van der Waals surface area contributed by atoms with Crippen LogP contribution in [-0.2, 0) is 5.75 Å². The number of rotatable bonds is 7. The van der Waals surface area contributed by atoms with Crippen LogP contribution in [0.25, 0.3) is 0 Å². The summed E-state index contributed by atoms with van der Waals surface area (Å²) in [6.45, 7) is 2.07. The number of aliphatic hydroxyl groups is 1. The van der Waals surface area contributed by atoms with Crippen LogP contribution in [0.4, 0.5) is 0 Å². The van der Waals surface area contributed by atoms with E-state index >= 15 is 0 Å². The molecule has 2 N–H and O–H groups in total. The normalized spacial score (nSPS) is 12.4. The Morgan fingerprint density at radius 2 is 2.35 bits per heavy atom. The summed E-state index contributed by atoms with van der Waals surface area (Å²) in [6.07, 6.45) is 3.44. The van der Waals surface area contributed by atoms with E-state index in [-0.39, 0.29) is 18.6 Å². The van der Waals surface area contributed by atoms with E-state index in [0.717, 1.165) is 17.9 Å². The van der Waals surface area contributed by atoms with E-state index in [0.29, 0.717) is 12.2 Å². The molecule has 1 unspecified atom stereocenters. The highest BCUT2D eigenvalue weighted by molar-refractivity contribution is 7.97. The fraction of sp³-hybridized carbons (Fsp3) is 0.583. The van der Waals surface area contributed by atoms with E-state index in [1.165, 1.54) is 0 Å². The quantitative estimate of drug-likeness (QED) is 0.784. The third kappa shape index (κ3) is 4.83. The van der Waals surface area contributed by atoms with Crippen LogP contribution in [0.15, 0.2) is 16.5 Å². The molecule has 0 aliphatic carbocycles. The van der Waals surface area contributed by atoms with Gasteiger partial charge in [0.25, 0.3) is 5.91 Å². The lowest BCUT2D eigenvalue weighted by Crippen LogP contribution is -2.32. The maximum atomic E-state index is 11.8. The molecule has 1 aromatic rings. The summed E-state index contributed by atoms with van der Waals surface area (Å²) in [5, 5.41) is 11.5. The Morgan fingerprint density at radius 3 is 3.00 bits per heavy atom. The van der Waals surface area contributed by atoms with Crippen molar-refractivity contribution in [1.29, 1.82) is 0 Å². The van der Waals surface area contributed by atoms with Gasteiger partial charge in [-0.1, -0.05) is 0 Å². The second kappa shape index (κ2) is 7.40. The van der Waals surface area contributed by atoms with E-state index in [1.54, 1.807) is 17.8 Å². The number of aliphatic hydroxyl groups excluding tert-OH is 1. The van der Waals surface area contributed by atoms with Gasteiger partial charge in [-0.25, -0.2) is 0 Å². The predicted molar refractivity (Wildman–Crippen MR) is 69.2 cm³/mol. The zero-order valence-corrected chi connectivity index (χ0v) is 11.0. The number of carbonyl (C=O) groups excluding carboxylic acids is 1. The molecule has 1 atom stereocenters. The minimum atomic E-state index is -0.192. The van der Waals surface area contributed by atoms with Crippen molar-refractivity contribution in [3.63, 3.8) is 0 Å². The molecule has 1 rings (SSSR count). The fourth-order valence-electron chi connectivity index (χ4n) is 1.48. The molecule has 0 bridgehead atoms. The maximum absolute atomic E-state index is 11.8. The molecule has 0 spiro atoms. The highest BCUT2D eigenvalue weighted by atomic mass is 32.2. The first-order valence-electron chi connectivity index (χ1n) is 5.66. The SMILES string of the molecule is CSCc1ccc(C(=O)NC(C)CCCO)o1. The molecule has 0 aromatic carbocycles. The molecule has 1 heterocycles. The highest BCUT2D eigenvalue weighted by Crippen LogP contribution is 2.13. The second-order valence-corrected chi connectivity index (χ2v) is 4.81. The van der Waals surface area contributed by atoms with Gasteiger partial charge in [-0.3, -0.25) is 4.79 Å². The lowest BCUT2D eigenvalue weighted by atomic mass is 10.2. The van der Waals surface area contributed by atoms with Crippen molar-refractivity contribution < 1.29 is 14.3 Å². The van der Waals surface area contributed by atoms with Gasteiger partial charge in [0.15, 0.2) is 5.76 Å². The van der Waals surface area contributed by atoms with Crippen LogP contribution >= 0.6 is 11.8 Å². The van der Waals surface area contributed by atoms with E-state index in [4.69, 9.17) is 9.52 Å². The Bertz CT molecular complexity index is 351. The van der Waals surface area contributed by atoms with Crippen LogP contribution < -0.4 is 5.32 Å². The molecule has 0 saturated carbocycles. The molecule has 0 aliphatic heterocycles. The Kier molecular flexibility index (Phi) is 6.15. The lowest BCUT2D eigenvalue weighted by molar-refractivity contribution is 0.0907. The zero-order chi connectivity index (χ0) is 12.7. The summed E-state index contributed by atoms with van der Waals surface area (Å²) in [6, 6.07) is 3.56. The van der Waals surface area contributed by atoms with E-state index in [1.807, 2.05) is 19.2 Å². The molecule has 0 fully saturated rings. The Morgan fingerprint density at radius 1 is 1.59 bits per heavy atom. The molecule has 96 valence electrons. The van der Waals surface area contributed by atoms with Gasteiger partial charge in [0.2, 0.25) is 0 Å². The van der Waals surface area contributed by atoms with Crippen LogP contribution in [-0.4, -0.2) is 29.9 Å². The maximum Gasteiger partial charge on any atom is 0.287 e. The Balaban J connectivity index is 2.45. The monoisotopic (exact) mass is 257 g/mol. The molecule has 1 aromatic heterocycles. The minimum Gasteiger partial charge on any atom is -0.455 e. The average molecular weight is 257 g/mol. The number of hydrogen-bond acceptors (Lipinski definition) is 4. The number of nitrogens with one attached hydrogen (secondary N) is 1. The molecule has 0 radical (unpaired) electrons.